The predicted octanol–water partition coefficient (Wildman–Crippen LogP) is 3.49. The number of hydrogen-bond acceptors (Lipinski definition) is 3. The summed E-state index contributed by atoms with van der Waals surface area (Å²) in [6, 6.07) is 4.07. The fourth-order valence-electron chi connectivity index (χ4n) is 3.18. The molecule has 2 aromatic rings. The molecule has 0 atom stereocenters. The van der Waals surface area contributed by atoms with Gasteiger partial charge in [0, 0.05) is 29.9 Å². The summed E-state index contributed by atoms with van der Waals surface area (Å²) in [7, 11) is 0. The van der Waals surface area contributed by atoms with E-state index in [2.05, 4.69) is 15.2 Å². The van der Waals surface area contributed by atoms with Crippen molar-refractivity contribution in [1.29, 1.82) is 0 Å². The molecule has 1 saturated heterocycles. The summed E-state index contributed by atoms with van der Waals surface area (Å²) in [6.07, 6.45) is 3.95. The Bertz CT molecular complexity index is 766. The number of nitrogens with zero attached hydrogens (tertiary/aromatic N) is 3. The molecule has 0 bridgehead atoms. The number of aromatic amines is 1. The number of nitrogens with one attached hydrogen (secondary N) is 1. The van der Waals surface area contributed by atoms with Crippen molar-refractivity contribution in [2.75, 3.05) is 13.1 Å². The maximum Gasteiger partial charge on any atom is 0.256 e. The normalized spacial score (nSPS) is 18.8. The Kier molecular flexibility index (Phi) is 4.00. The molecular formula is C17H18ClFN4O. The first-order valence-corrected chi connectivity index (χ1v) is 8.66. The number of carbonyl (C=O) groups excluding carboxylic acids is 1. The molecule has 7 heteroatoms. The highest BCUT2D eigenvalue weighted by Crippen LogP contribution is 2.38. The van der Waals surface area contributed by atoms with E-state index in [4.69, 9.17) is 11.6 Å². The third-order valence-electron chi connectivity index (χ3n) is 4.79. The lowest BCUT2D eigenvalue weighted by Gasteiger charge is -2.31. The van der Waals surface area contributed by atoms with Gasteiger partial charge in [0.05, 0.1) is 5.56 Å². The molecule has 0 spiro atoms. The summed E-state index contributed by atoms with van der Waals surface area (Å²) in [5.41, 5.74) is 0.0386. The van der Waals surface area contributed by atoms with Crippen molar-refractivity contribution in [2.24, 2.45) is 0 Å². The van der Waals surface area contributed by atoms with E-state index in [1.165, 1.54) is 31.0 Å². The summed E-state index contributed by atoms with van der Waals surface area (Å²) in [5.74, 6) is 1.81. The minimum atomic E-state index is -0.532. The van der Waals surface area contributed by atoms with Gasteiger partial charge in [-0.3, -0.25) is 9.89 Å². The molecular weight excluding hydrogens is 331 g/mol. The van der Waals surface area contributed by atoms with E-state index in [0.29, 0.717) is 24.0 Å². The summed E-state index contributed by atoms with van der Waals surface area (Å²) < 4.78 is 13.9. The van der Waals surface area contributed by atoms with Crippen LogP contribution < -0.4 is 0 Å². The molecule has 1 N–H and O–H groups in total. The van der Waals surface area contributed by atoms with Crippen molar-refractivity contribution in [3.63, 3.8) is 0 Å². The highest BCUT2D eigenvalue weighted by molar-refractivity contribution is 6.31. The van der Waals surface area contributed by atoms with Crippen LogP contribution in [0.2, 0.25) is 5.02 Å². The SMILES string of the molecule is O=C(c1cc(Cl)ccc1F)N1CCC(c2nc(C3CC3)n[nH]2)CC1. The third-order valence-corrected chi connectivity index (χ3v) is 5.03. The van der Waals surface area contributed by atoms with Gasteiger partial charge in [0.25, 0.3) is 5.91 Å². The van der Waals surface area contributed by atoms with Crippen molar-refractivity contribution < 1.29 is 9.18 Å². The number of rotatable bonds is 3. The molecule has 1 aliphatic heterocycles. The number of aromatic nitrogens is 3. The molecule has 1 aromatic heterocycles. The van der Waals surface area contributed by atoms with Crippen LogP contribution in [-0.2, 0) is 0 Å². The number of likely N-dealkylation sites (tertiary alicyclic amines) is 1. The number of halogens is 2. The van der Waals surface area contributed by atoms with E-state index in [0.717, 1.165) is 24.5 Å². The molecule has 1 aliphatic carbocycles. The number of amides is 1. The topological polar surface area (TPSA) is 61.9 Å². The van der Waals surface area contributed by atoms with Gasteiger partial charge in [-0.15, -0.1) is 0 Å². The first-order valence-electron chi connectivity index (χ1n) is 8.28. The van der Waals surface area contributed by atoms with E-state index in [1.807, 2.05) is 0 Å². The Morgan fingerprint density at radius 1 is 1.21 bits per heavy atom. The average Bonchev–Trinajstić information content (AvgIpc) is 3.34. The van der Waals surface area contributed by atoms with Gasteiger partial charge in [-0.25, -0.2) is 9.37 Å². The van der Waals surface area contributed by atoms with Crippen molar-refractivity contribution in [2.45, 2.75) is 37.5 Å². The van der Waals surface area contributed by atoms with E-state index < -0.39 is 5.82 Å². The zero-order valence-corrected chi connectivity index (χ0v) is 13.9. The zero-order chi connectivity index (χ0) is 16.7. The van der Waals surface area contributed by atoms with Gasteiger partial charge in [-0.1, -0.05) is 11.6 Å². The molecule has 4 rings (SSSR count). The minimum absolute atomic E-state index is 0.0386. The number of hydrogen-bond donors (Lipinski definition) is 1. The van der Waals surface area contributed by atoms with Crippen LogP contribution in [-0.4, -0.2) is 39.1 Å². The van der Waals surface area contributed by atoms with E-state index in [-0.39, 0.29) is 17.4 Å². The maximum absolute atomic E-state index is 13.9. The number of benzene rings is 1. The number of piperidine rings is 1. The Balaban J connectivity index is 1.41. The van der Waals surface area contributed by atoms with E-state index in [9.17, 15) is 9.18 Å². The lowest BCUT2D eigenvalue weighted by Crippen LogP contribution is -2.38. The van der Waals surface area contributed by atoms with Gasteiger partial charge < -0.3 is 4.90 Å². The Hall–Kier alpha value is -1.95. The summed E-state index contributed by atoms with van der Waals surface area (Å²) in [4.78, 5) is 18.8. The van der Waals surface area contributed by atoms with Crippen LogP contribution in [0.3, 0.4) is 0 Å². The summed E-state index contributed by atoms with van der Waals surface area (Å²) in [6.45, 7) is 1.16. The van der Waals surface area contributed by atoms with Crippen LogP contribution >= 0.6 is 11.6 Å². The molecule has 2 fully saturated rings. The zero-order valence-electron chi connectivity index (χ0n) is 13.1. The molecule has 1 saturated carbocycles. The molecule has 0 unspecified atom stereocenters. The minimum Gasteiger partial charge on any atom is -0.339 e. The van der Waals surface area contributed by atoms with Crippen LogP contribution in [0, 0.1) is 5.82 Å². The highest BCUT2D eigenvalue weighted by Gasteiger charge is 2.31. The Labute approximate surface area is 144 Å². The van der Waals surface area contributed by atoms with Crippen LogP contribution in [0.4, 0.5) is 4.39 Å². The van der Waals surface area contributed by atoms with Gasteiger partial charge in [0.15, 0.2) is 5.82 Å². The van der Waals surface area contributed by atoms with Crippen LogP contribution in [0.1, 0.15) is 59.5 Å². The van der Waals surface area contributed by atoms with Gasteiger partial charge in [-0.2, -0.15) is 5.10 Å². The van der Waals surface area contributed by atoms with Crippen molar-refractivity contribution in [3.05, 3.63) is 46.3 Å². The Morgan fingerprint density at radius 2 is 1.96 bits per heavy atom. The fourth-order valence-corrected chi connectivity index (χ4v) is 3.35. The van der Waals surface area contributed by atoms with Crippen LogP contribution in [0.25, 0.3) is 0 Å². The second kappa shape index (κ2) is 6.16. The molecule has 126 valence electrons. The lowest BCUT2D eigenvalue weighted by molar-refractivity contribution is 0.0706. The second-order valence-electron chi connectivity index (χ2n) is 6.54. The molecule has 5 nitrogen and oxygen atoms in total. The van der Waals surface area contributed by atoms with Crippen molar-refractivity contribution in [1.82, 2.24) is 20.1 Å². The second-order valence-corrected chi connectivity index (χ2v) is 6.98. The van der Waals surface area contributed by atoms with Crippen LogP contribution in [0.15, 0.2) is 18.2 Å². The smallest absolute Gasteiger partial charge is 0.256 e. The Morgan fingerprint density at radius 3 is 2.67 bits per heavy atom. The van der Waals surface area contributed by atoms with E-state index in [1.54, 1.807) is 4.90 Å². The molecule has 0 radical (unpaired) electrons. The average molecular weight is 349 g/mol. The first-order chi connectivity index (χ1) is 11.6. The number of H-pyrrole nitrogens is 1. The molecule has 24 heavy (non-hydrogen) atoms. The predicted molar refractivity (Wildman–Crippen MR) is 87.6 cm³/mol. The van der Waals surface area contributed by atoms with Crippen LogP contribution in [0.5, 0.6) is 0 Å². The van der Waals surface area contributed by atoms with E-state index >= 15 is 0 Å². The van der Waals surface area contributed by atoms with Gasteiger partial charge >= 0.3 is 0 Å². The highest BCUT2D eigenvalue weighted by atomic mass is 35.5. The third kappa shape index (κ3) is 3.02. The summed E-state index contributed by atoms with van der Waals surface area (Å²) >= 11 is 5.88. The van der Waals surface area contributed by atoms with Gasteiger partial charge in [-0.05, 0) is 43.9 Å². The quantitative estimate of drug-likeness (QED) is 0.923. The van der Waals surface area contributed by atoms with Gasteiger partial charge in [0.1, 0.15) is 11.6 Å². The van der Waals surface area contributed by atoms with Gasteiger partial charge in [0.2, 0.25) is 0 Å². The van der Waals surface area contributed by atoms with Crippen molar-refractivity contribution >= 4 is 17.5 Å². The monoisotopic (exact) mass is 348 g/mol. The maximum atomic E-state index is 13.9. The largest absolute Gasteiger partial charge is 0.339 e. The fraction of sp³-hybridized carbons (Fsp3) is 0.471. The molecule has 1 amide bonds. The van der Waals surface area contributed by atoms with Crippen molar-refractivity contribution in [3.8, 4) is 0 Å². The molecule has 1 aromatic carbocycles. The number of carbonyl (C=O) groups is 1. The molecule has 2 heterocycles. The summed E-state index contributed by atoms with van der Waals surface area (Å²) in [5, 5.41) is 7.71. The standard InChI is InChI=1S/C17H18ClFN4O/c18-12-3-4-14(19)13(9-12)17(24)23-7-5-11(6-8-23)16-20-15(21-22-16)10-1-2-10/h3-4,9-11H,1-2,5-8H2,(H,20,21,22). The lowest BCUT2D eigenvalue weighted by atomic mass is 9.95. The molecule has 2 aliphatic rings. The first kappa shape index (κ1) is 15.6.